The average molecular weight is 462 g/mol. The first-order chi connectivity index (χ1) is 16.6. The predicted molar refractivity (Wildman–Crippen MR) is 128 cm³/mol. The largest absolute Gasteiger partial charge is 0.497 e. The molecule has 178 valence electrons. The van der Waals surface area contributed by atoms with E-state index in [-0.39, 0.29) is 11.9 Å². The summed E-state index contributed by atoms with van der Waals surface area (Å²) in [6, 6.07) is 15.9. The van der Waals surface area contributed by atoms with E-state index in [1.807, 2.05) is 36.1 Å². The highest BCUT2D eigenvalue weighted by Crippen LogP contribution is 2.22. The molecule has 2 aliphatic heterocycles. The zero-order valence-electron chi connectivity index (χ0n) is 19.8. The molecule has 1 unspecified atom stereocenters. The summed E-state index contributed by atoms with van der Waals surface area (Å²) in [5, 5.41) is 4.13. The number of amides is 1. The maximum atomic E-state index is 13.2. The molecule has 2 aliphatic rings. The fourth-order valence-corrected chi connectivity index (χ4v) is 4.78. The van der Waals surface area contributed by atoms with Gasteiger partial charge < -0.3 is 14.2 Å². The molecule has 8 nitrogen and oxygen atoms in total. The number of fused-ring (bicyclic) bond motifs is 1. The summed E-state index contributed by atoms with van der Waals surface area (Å²) >= 11 is 0. The van der Waals surface area contributed by atoms with E-state index in [0.717, 1.165) is 50.5 Å². The van der Waals surface area contributed by atoms with Crippen LogP contribution in [0.1, 0.15) is 23.9 Å². The zero-order valence-corrected chi connectivity index (χ0v) is 19.8. The molecular weight excluding hydrogens is 430 g/mol. The Balaban J connectivity index is 1.12. The van der Waals surface area contributed by atoms with Crippen LogP contribution in [0.4, 0.5) is 0 Å². The van der Waals surface area contributed by atoms with Gasteiger partial charge in [0.1, 0.15) is 5.75 Å². The molecule has 3 aromatic rings. The highest BCUT2D eigenvalue weighted by atomic mass is 16.5. The van der Waals surface area contributed by atoms with Gasteiger partial charge in [-0.15, -0.1) is 0 Å². The van der Waals surface area contributed by atoms with Crippen molar-refractivity contribution in [2.24, 2.45) is 0 Å². The van der Waals surface area contributed by atoms with Crippen LogP contribution in [0.3, 0.4) is 0 Å². The topological polar surface area (TPSA) is 74.9 Å². The van der Waals surface area contributed by atoms with Gasteiger partial charge in [0, 0.05) is 44.8 Å². The Hall–Kier alpha value is -3.23. The molecule has 0 N–H and O–H groups in total. The van der Waals surface area contributed by atoms with Gasteiger partial charge in [-0.25, -0.2) is 0 Å². The SMILES string of the molecule is COc1ccc(-c2noc(CN3CCN(C(C)C(=O)N4CCc5ccccc5C4)CC3)n2)cc1. The van der Waals surface area contributed by atoms with Crippen LogP contribution < -0.4 is 4.74 Å². The summed E-state index contributed by atoms with van der Waals surface area (Å²) in [5.74, 6) is 2.21. The summed E-state index contributed by atoms with van der Waals surface area (Å²) in [7, 11) is 1.64. The minimum absolute atomic E-state index is 0.113. The van der Waals surface area contributed by atoms with Crippen molar-refractivity contribution < 1.29 is 14.1 Å². The average Bonchev–Trinajstić information content (AvgIpc) is 3.36. The van der Waals surface area contributed by atoms with Crippen molar-refractivity contribution in [1.82, 2.24) is 24.8 Å². The summed E-state index contributed by atoms with van der Waals surface area (Å²) < 4.78 is 10.7. The van der Waals surface area contributed by atoms with Crippen LogP contribution in [-0.4, -0.2) is 76.6 Å². The van der Waals surface area contributed by atoms with E-state index < -0.39 is 0 Å². The highest BCUT2D eigenvalue weighted by Gasteiger charge is 2.30. The quantitative estimate of drug-likeness (QED) is 0.559. The van der Waals surface area contributed by atoms with E-state index in [4.69, 9.17) is 9.26 Å². The summed E-state index contributed by atoms with van der Waals surface area (Å²) in [6.45, 7) is 7.58. The lowest BCUT2D eigenvalue weighted by Crippen LogP contribution is -2.54. The Morgan fingerprint density at radius 3 is 2.50 bits per heavy atom. The smallest absolute Gasteiger partial charge is 0.241 e. The first-order valence-corrected chi connectivity index (χ1v) is 11.9. The van der Waals surface area contributed by atoms with Gasteiger partial charge in [-0.3, -0.25) is 14.6 Å². The fraction of sp³-hybridized carbons (Fsp3) is 0.423. The number of carbonyl (C=O) groups is 1. The van der Waals surface area contributed by atoms with Gasteiger partial charge in [0.2, 0.25) is 17.6 Å². The molecule has 0 aliphatic carbocycles. The number of ether oxygens (including phenoxy) is 1. The maximum Gasteiger partial charge on any atom is 0.241 e. The van der Waals surface area contributed by atoms with E-state index in [2.05, 4.69) is 44.2 Å². The Morgan fingerprint density at radius 1 is 1.03 bits per heavy atom. The second-order valence-corrected chi connectivity index (χ2v) is 9.01. The standard InChI is InChI=1S/C26H31N5O3/c1-19(26(32)31-12-11-20-5-3-4-6-22(20)17-31)30-15-13-29(14-16-30)18-24-27-25(28-34-24)21-7-9-23(33-2)10-8-21/h3-10,19H,11-18H2,1-2H3. The van der Waals surface area contributed by atoms with Gasteiger partial charge >= 0.3 is 0 Å². The molecule has 5 rings (SSSR count). The van der Waals surface area contributed by atoms with Gasteiger partial charge in [-0.1, -0.05) is 29.4 Å². The van der Waals surface area contributed by atoms with Crippen LogP contribution in [0.2, 0.25) is 0 Å². The molecular formula is C26H31N5O3. The van der Waals surface area contributed by atoms with Crippen molar-refractivity contribution in [1.29, 1.82) is 0 Å². The molecule has 0 radical (unpaired) electrons. The monoisotopic (exact) mass is 461 g/mol. The Morgan fingerprint density at radius 2 is 1.76 bits per heavy atom. The van der Waals surface area contributed by atoms with Crippen LogP contribution in [0.5, 0.6) is 5.75 Å². The molecule has 0 saturated carbocycles. The van der Waals surface area contributed by atoms with E-state index in [0.29, 0.717) is 24.8 Å². The van der Waals surface area contributed by atoms with Crippen molar-refractivity contribution in [3.63, 3.8) is 0 Å². The third-order valence-electron chi connectivity index (χ3n) is 6.93. The number of methoxy groups -OCH3 is 1. The fourth-order valence-electron chi connectivity index (χ4n) is 4.78. The molecule has 0 spiro atoms. The molecule has 34 heavy (non-hydrogen) atoms. The van der Waals surface area contributed by atoms with Crippen molar-refractivity contribution >= 4 is 5.91 Å². The molecule has 2 aromatic carbocycles. The van der Waals surface area contributed by atoms with Crippen LogP contribution >= 0.6 is 0 Å². The van der Waals surface area contributed by atoms with Crippen LogP contribution in [0.25, 0.3) is 11.4 Å². The number of nitrogens with zero attached hydrogens (tertiary/aromatic N) is 5. The molecule has 1 fully saturated rings. The lowest BCUT2D eigenvalue weighted by atomic mass is 9.99. The Bertz CT molecular complexity index is 1120. The van der Waals surface area contributed by atoms with E-state index in [1.165, 1.54) is 11.1 Å². The van der Waals surface area contributed by atoms with Crippen molar-refractivity contribution in [2.75, 3.05) is 39.8 Å². The third kappa shape index (κ3) is 4.83. The van der Waals surface area contributed by atoms with Gasteiger partial charge in [0.05, 0.1) is 19.7 Å². The molecule has 1 atom stereocenters. The maximum absolute atomic E-state index is 13.2. The second-order valence-electron chi connectivity index (χ2n) is 9.01. The second kappa shape index (κ2) is 9.95. The lowest BCUT2D eigenvalue weighted by Gasteiger charge is -2.39. The molecule has 8 heteroatoms. The Kier molecular flexibility index (Phi) is 6.60. The van der Waals surface area contributed by atoms with Crippen molar-refractivity contribution in [2.45, 2.75) is 32.5 Å². The minimum Gasteiger partial charge on any atom is -0.497 e. The first kappa shape index (κ1) is 22.6. The number of carbonyl (C=O) groups excluding carboxylic acids is 1. The van der Waals surface area contributed by atoms with E-state index >= 15 is 0 Å². The minimum atomic E-state index is -0.113. The van der Waals surface area contributed by atoms with Gasteiger partial charge in [0.15, 0.2) is 0 Å². The summed E-state index contributed by atoms with van der Waals surface area (Å²) in [5.41, 5.74) is 3.53. The number of rotatable bonds is 6. The highest BCUT2D eigenvalue weighted by molar-refractivity contribution is 5.81. The predicted octanol–water partition coefficient (Wildman–Crippen LogP) is 2.84. The lowest BCUT2D eigenvalue weighted by molar-refractivity contribution is -0.138. The van der Waals surface area contributed by atoms with Crippen molar-refractivity contribution in [3.05, 3.63) is 65.5 Å². The number of aromatic nitrogens is 2. The first-order valence-electron chi connectivity index (χ1n) is 11.9. The van der Waals surface area contributed by atoms with Crippen LogP contribution in [0.15, 0.2) is 53.1 Å². The molecule has 1 aromatic heterocycles. The molecule has 1 amide bonds. The number of benzene rings is 2. The third-order valence-corrected chi connectivity index (χ3v) is 6.93. The number of hydrogen-bond donors (Lipinski definition) is 0. The van der Waals surface area contributed by atoms with Crippen LogP contribution in [-0.2, 0) is 24.3 Å². The van der Waals surface area contributed by atoms with Crippen LogP contribution in [0, 0.1) is 0 Å². The van der Waals surface area contributed by atoms with Gasteiger partial charge in [0.25, 0.3) is 0 Å². The van der Waals surface area contributed by atoms with E-state index in [9.17, 15) is 4.79 Å². The van der Waals surface area contributed by atoms with Crippen molar-refractivity contribution in [3.8, 4) is 17.1 Å². The molecule has 3 heterocycles. The molecule has 1 saturated heterocycles. The zero-order chi connectivity index (χ0) is 23.5. The number of hydrogen-bond acceptors (Lipinski definition) is 7. The normalized spacial score (nSPS) is 17.9. The Labute approximate surface area is 200 Å². The summed E-state index contributed by atoms with van der Waals surface area (Å²) in [4.78, 5) is 24.3. The molecule has 0 bridgehead atoms. The van der Waals surface area contributed by atoms with Gasteiger partial charge in [-0.2, -0.15) is 4.98 Å². The van der Waals surface area contributed by atoms with E-state index in [1.54, 1.807) is 7.11 Å². The van der Waals surface area contributed by atoms with Gasteiger partial charge in [-0.05, 0) is 48.7 Å². The number of piperazine rings is 1. The summed E-state index contributed by atoms with van der Waals surface area (Å²) in [6.07, 6.45) is 0.936.